The molecule has 114 valence electrons. The number of nitrogens with two attached hydrogens (primary N) is 1. The minimum Gasteiger partial charge on any atom is -0.398 e. The first-order chi connectivity index (χ1) is 9.72. The van der Waals surface area contributed by atoms with Gasteiger partial charge in [-0.2, -0.15) is 5.10 Å². The van der Waals surface area contributed by atoms with Crippen LogP contribution in [0, 0.1) is 13.8 Å². The lowest BCUT2D eigenvalue weighted by Gasteiger charge is -2.11. The highest BCUT2D eigenvalue weighted by Crippen LogP contribution is 2.26. The van der Waals surface area contributed by atoms with Crippen molar-refractivity contribution in [3.05, 3.63) is 39.6 Å². The van der Waals surface area contributed by atoms with Gasteiger partial charge in [0.25, 0.3) is 0 Å². The molecule has 2 aromatic rings. The summed E-state index contributed by atoms with van der Waals surface area (Å²) in [5, 5.41) is 4.09. The average Bonchev–Trinajstić information content (AvgIpc) is 2.72. The summed E-state index contributed by atoms with van der Waals surface area (Å²) in [4.78, 5) is 0.177. The van der Waals surface area contributed by atoms with Crippen LogP contribution >= 0.6 is 15.9 Å². The summed E-state index contributed by atoms with van der Waals surface area (Å²) in [6, 6.07) is 3.23. The number of hydrogen-bond acceptors (Lipinski definition) is 4. The molecule has 0 unspecified atom stereocenters. The van der Waals surface area contributed by atoms with E-state index in [9.17, 15) is 8.42 Å². The third-order valence-corrected chi connectivity index (χ3v) is 5.43. The Morgan fingerprint density at radius 1 is 1.38 bits per heavy atom. The van der Waals surface area contributed by atoms with Crippen molar-refractivity contribution in [3.63, 3.8) is 0 Å². The van der Waals surface area contributed by atoms with E-state index < -0.39 is 10.0 Å². The van der Waals surface area contributed by atoms with Gasteiger partial charge >= 0.3 is 0 Å². The van der Waals surface area contributed by atoms with E-state index in [4.69, 9.17) is 5.73 Å². The Morgan fingerprint density at radius 3 is 2.62 bits per heavy atom. The normalized spacial score (nSPS) is 11.8. The van der Waals surface area contributed by atoms with E-state index in [1.165, 1.54) is 0 Å². The second kappa shape index (κ2) is 5.78. The van der Waals surface area contributed by atoms with Crippen molar-refractivity contribution >= 4 is 31.6 Å². The fourth-order valence-corrected chi connectivity index (χ4v) is 3.85. The molecular weight excluding hydrogens is 356 g/mol. The van der Waals surface area contributed by atoms with Crippen LogP contribution in [0.2, 0.25) is 0 Å². The zero-order valence-electron chi connectivity index (χ0n) is 12.0. The lowest BCUT2D eigenvalue weighted by Crippen LogP contribution is -2.24. The summed E-state index contributed by atoms with van der Waals surface area (Å²) >= 11 is 3.27. The predicted octanol–water partition coefficient (Wildman–Crippen LogP) is 1.86. The van der Waals surface area contributed by atoms with Crippen LogP contribution in [0.3, 0.4) is 0 Å². The Bertz CT molecular complexity index is 784. The Kier molecular flexibility index (Phi) is 4.40. The molecule has 1 heterocycles. The van der Waals surface area contributed by atoms with E-state index in [2.05, 4.69) is 25.8 Å². The SMILES string of the molecule is Cc1c(N)cc(Br)cc1S(=O)(=O)NCc1cnn(C)c1C. The highest BCUT2D eigenvalue weighted by Gasteiger charge is 2.19. The Balaban J connectivity index is 2.29. The molecule has 0 bridgehead atoms. The second-order valence-corrected chi connectivity index (χ2v) is 7.47. The van der Waals surface area contributed by atoms with Gasteiger partial charge in [-0.3, -0.25) is 4.68 Å². The highest BCUT2D eigenvalue weighted by molar-refractivity contribution is 9.10. The van der Waals surface area contributed by atoms with E-state index in [-0.39, 0.29) is 11.4 Å². The van der Waals surface area contributed by atoms with E-state index in [1.54, 1.807) is 29.9 Å². The third-order valence-electron chi connectivity index (χ3n) is 3.44. The number of benzene rings is 1. The number of nitrogens with one attached hydrogen (secondary N) is 1. The Labute approximate surface area is 132 Å². The van der Waals surface area contributed by atoms with Crippen molar-refractivity contribution in [2.24, 2.45) is 7.05 Å². The zero-order chi connectivity index (χ0) is 15.8. The number of nitrogen functional groups attached to an aromatic ring is 1. The molecule has 0 atom stereocenters. The molecule has 0 spiro atoms. The Morgan fingerprint density at radius 2 is 2.05 bits per heavy atom. The van der Waals surface area contributed by atoms with Gasteiger partial charge in [0.1, 0.15) is 0 Å². The quantitative estimate of drug-likeness (QED) is 0.801. The number of anilines is 1. The van der Waals surface area contributed by atoms with E-state index in [1.807, 2.05) is 14.0 Å². The summed E-state index contributed by atoms with van der Waals surface area (Å²) in [5.74, 6) is 0. The van der Waals surface area contributed by atoms with Crippen LogP contribution in [0.15, 0.2) is 27.7 Å². The summed E-state index contributed by atoms with van der Waals surface area (Å²) in [6.07, 6.45) is 1.65. The van der Waals surface area contributed by atoms with Crippen molar-refractivity contribution in [2.45, 2.75) is 25.3 Å². The van der Waals surface area contributed by atoms with Crippen LogP contribution in [-0.2, 0) is 23.6 Å². The molecular formula is C13H17BrN4O2S. The fourth-order valence-electron chi connectivity index (χ4n) is 1.92. The maximum absolute atomic E-state index is 12.4. The molecule has 1 aromatic carbocycles. The molecule has 0 saturated carbocycles. The second-order valence-electron chi connectivity index (χ2n) is 4.82. The number of rotatable bonds is 4. The molecule has 0 saturated heterocycles. The standard InChI is InChI=1S/C13H17BrN4O2S/c1-8-12(15)4-11(14)5-13(8)21(19,20)17-7-10-6-16-18(3)9(10)2/h4-6,17H,7,15H2,1-3H3. The van der Waals surface area contributed by atoms with Crippen LogP contribution in [0.5, 0.6) is 0 Å². The lowest BCUT2D eigenvalue weighted by molar-refractivity contribution is 0.580. The van der Waals surface area contributed by atoms with Gasteiger partial charge in [-0.05, 0) is 31.5 Å². The minimum absolute atomic E-state index is 0.177. The molecule has 0 radical (unpaired) electrons. The first-order valence-corrected chi connectivity index (χ1v) is 8.52. The highest BCUT2D eigenvalue weighted by atomic mass is 79.9. The first kappa shape index (κ1) is 16.0. The molecule has 2 rings (SSSR count). The first-order valence-electron chi connectivity index (χ1n) is 6.25. The van der Waals surface area contributed by atoms with E-state index >= 15 is 0 Å². The monoisotopic (exact) mass is 372 g/mol. The maximum atomic E-state index is 12.4. The van der Waals surface area contributed by atoms with Crippen molar-refractivity contribution in [1.29, 1.82) is 0 Å². The van der Waals surface area contributed by atoms with Crippen LogP contribution in [0.4, 0.5) is 5.69 Å². The number of aryl methyl sites for hydroxylation is 1. The van der Waals surface area contributed by atoms with E-state index in [0.717, 1.165) is 11.3 Å². The largest absolute Gasteiger partial charge is 0.398 e. The molecule has 6 nitrogen and oxygen atoms in total. The number of halogens is 1. The summed E-state index contributed by atoms with van der Waals surface area (Å²) in [5.41, 5.74) is 8.54. The molecule has 3 N–H and O–H groups in total. The molecule has 0 amide bonds. The molecule has 8 heteroatoms. The fraction of sp³-hybridized carbons (Fsp3) is 0.308. The van der Waals surface area contributed by atoms with E-state index in [0.29, 0.717) is 15.7 Å². The minimum atomic E-state index is -3.64. The third kappa shape index (κ3) is 3.28. The predicted molar refractivity (Wildman–Crippen MR) is 85.3 cm³/mol. The molecule has 0 fully saturated rings. The lowest BCUT2D eigenvalue weighted by atomic mass is 10.2. The molecule has 0 aliphatic rings. The van der Waals surface area contributed by atoms with Crippen LogP contribution in [-0.4, -0.2) is 18.2 Å². The van der Waals surface area contributed by atoms with Gasteiger partial charge in [0.15, 0.2) is 0 Å². The smallest absolute Gasteiger partial charge is 0.241 e. The molecule has 0 aliphatic carbocycles. The van der Waals surface area contributed by atoms with Crippen LogP contribution < -0.4 is 10.5 Å². The summed E-state index contributed by atoms with van der Waals surface area (Å²) in [7, 11) is -1.83. The molecule has 1 aromatic heterocycles. The number of aromatic nitrogens is 2. The topological polar surface area (TPSA) is 90.0 Å². The molecule has 0 aliphatic heterocycles. The zero-order valence-corrected chi connectivity index (χ0v) is 14.4. The van der Waals surface area contributed by atoms with Crippen molar-refractivity contribution < 1.29 is 8.42 Å². The van der Waals surface area contributed by atoms with Gasteiger partial charge in [-0.1, -0.05) is 15.9 Å². The van der Waals surface area contributed by atoms with Crippen LogP contribution in [0.25, 0.3) is 0 Å². The van der Waals surface area contributed by atoms with Gasteiger partial charge in [-0.25, -0.2) is 13.1 Å². The average molecular weight is 373 g/mol. The summed E-state index contributed by atoms with van der Waals surface area (Å²) < 4.78 is 29.8. The van der Waals surface area contributed by atoms with Gasteiger partial charge in [0, 0.05) is 35.0 Å². The Hall–Kier alpha value is -1.38. The van der Waals surface area contributed by atoms with Gasteiger partial charge in [0.05, 0.1) is 11.1 Å². The maximum Gasteiger partial charge on any atom is 0.241 e. The number of sulfonamides is 1. The van der Waals surface area contributed by atoms with Crippen molar-refractivity contribution in [2.75, 3.05) is 5.73 Å². The van der Waals surface area contributed by atoms with Crippen molar-refractivity contribution in [3.8, 4) is 0 Å². The number of hydrogen-bond donors (Lipinski definition) is 2. The van der Waals surface area contributed by atoms with Gasteiger partial charge in [0.2, 0.25) is 10.0 Å². The summed E-state index contributed by atoms with van der Waals surface area (Å²) in [6.45, 7) is 3.76. The molecule has 21 heavy (non-hydrogen) atoms. The van der Waals surface area contributed by atoms with Crippen molar-refractivity contribution in [1.82, 2.24) is 14.5 Å². The number of nitrogens with zero attached hydrogens (tertiary/aromatic N) is 2. The van der Waals surface area contributed by atoms with Gasteiger partial charge < -0.3 is 5.73 Å². The van der Waals surface area contributed by atoms with Crippen LogP contribution in [0.1, 0.15) is 16.8 Å². The van der Waals surface area contributed by atoms with Gasteiger partial charge in [-0.15, -0.1) is 0 Å².